The highest BCUT2D eigenvalue weighted by Crippen LogP contribution is 2.36. The third kappa shape index (κ3) is 28.4. The van der Waals surface area contributed by atoms with Gasteiger partial charge in [0, 0.05) is 0 Å². The van der Waals surface area contributed by atoms with Gasteiger partial charge in [0.15, 0.2) is 8.32 Å². The van der Waals surface area contributed by atoms with Crippen LogP contribution in [-0.2, 0) is 51.8 Å². The van der Waals surface area contributed by atoms with E-state index >= 15 is 0 Å². The van der Waals surface area contributed by atoms with Gasteiger partial charge in [0.05, 0.1) is 139 Å². The quantitative estimate of drug-likeness (QED) is 0.0749. The third-order valence-corrected chi connectivity index (χ3v) is 11.6. The molecule has 0 saturated carbocycles. The van der Waals surface area contributed by atoms with E-state index in [9.17, 15) is 0 Å². The Kier molecular flexibility index (Phi) is 28.7. The average Bonchev–Trinajstić information content (AvgIpc) is 3.05. The van der Waals surface area contributed by atoms with E-state index in [1.165, 1.54) is 0 Å². The van der Waals surface area contributed by atoms with Gasteiger partial charge >= 0.3 is 0 Å². The maximum atomic E-state index is 6.08. The van der Waals surface area contributed by atoms with Crippen molar-refractivity contribution in [2.75, 3.05) is 145 Å². The molecule has 0 unspecified atom stereocenters. The van der Waals surface area contributed by atoms with E-state index in [0.29, 0.717) is 145 Å². The van der Waals surface area contributed by atoms with Crippen LogP contribution in [0.5, 0.6) is 5.75 Å². The van der Waals surface area contributed by atoms with Gasteiger partial charge in [-0.1, -0.05) is 39.0 Å². The van der Waals surface area contributed by atoms with E-state index in [1.54, 1.807) is 0 Å². The zero-order valence-corrected chi connectivity index (χ0v) is 30.8. The largest absolute Gasteiger partial charge is 0.491 e. The topological polar surface area (TPSA) is 111 Å². The highest BCUT2D eigenvalue weighted by Gasteiger charge is 2.36. The van der Waals surface area contributed by atoms with Gasteiger partial charge in [0.2, 0.25) is 0 Å². The summed E-state index contributed by atoms with van der Waals surface area (Å²) in [5, 5.41) is 0.217. The molecule has 12 nitrogen and oxygen atoms in total. The van der Waals surface area contributed by atoms with Gasteiger partial charge in [0.1, 0.15) is 12.4 Å². The standard InChI is InChI=1S/C34H64O12Si/c1-34(2,3)47(4,5)46-32-30-44-28-26-42-24-22-40-20-18-38-16-14-36-12-11-35-13-15-37-17-19-39-21-23-41-25-27-43-29-31-45-33-9-7-6-8-10-33/h6-10H,11-32H2,1-5H3. The summed E-state index contributed by atoms with van der Waals surface area (Å²) in [4.78, 5) is 0. The Labute approximate surface area is 285 Å². The maximum absolute atomic E-state index is 6.08. The fraction of sp³-hybridized carbons (Fsp3) is 0.824. The highest BCUT2D eigenvalue weighted by atomic mass is 28.4. The second-order valence-corrected chi connectivity index (χ2v) is 16.7. The van der Waals surface area contributed by atoms with Gasteiger partial charge in [-0.25, -0.2) is 0 Å². The minimum atomic E-state index is -1.70. The molecule has 0 saturated heterocycles. The molecule has 0 aliphatic rings. The minimum absolute atomic E-state index is 0.217. The zero-order chi connectivity index (χ0) is 34.2. The molecule has 0 amide bonds. The first-order chi connectivity index (χ1) is 22.8. The van der Waals surface area contributed by atoms with E-state index in [2.05, 4.69) is 33.9 Å². The molecule has 0 atom stereocenters. The van der Waals surface area contributed by atoms with Gasteiger partial charge in [-0.15, -0.1) is 0 Å². The second kappa shape index (κ2) is 30.8. The van der Waals surface area contributed by atoms with E-state index in [1.807, 2.05) is 30.3 Å². The van der Waals surface area contributed by atoms with Gasteiger partial charge in [0.25, 0.3) is 0 Å². The molecule has 0 aliphatic carbocycles. The van der Waals surface area contributed by atoms with Crippen molar-refractivity contribution in [3.8, 4) is 5.75 Å². The molecule has 13 heteroatoms. The molecule has 0 aliphatic heterocycles. The smallest absolute Gasteiger partial charge is 0.192 e. The van der Waals surface area contributed by atoms with E-state index < -0.39 is 8.32 Å². The molecule has 0 fully saturated rings. The summed E-state index contributed by atoms with van der Waals surface area (Å²) >= 11 is 0. The van der Waals surface area contributed by atoms with Crippen LogP contribution in [0.2, 0.25) is 18.1 Å². The average molecular weight is 693 g/mol. The third-order valence-electron chi connectivity index (χ3n) is 7.08. The molecule has 0 radical (unpaired) electrons. The van der Waals surface area contributed by atoms with E-state index in [0.717, 1.165) is 5.75 Å². The predicted octanol–water partition coefficient (Wildman–Crippen LogP) is 4.25. The SMILES string of the molecule is CC(C)(C)[Si](C)(C)OCCOCCOCCOCCOCCOCCOCCOCCOCCOCCOCCOc1ccccc1. The summed E-state index contributed by atoms with van der Waals surface area (Å²) in [6, 6.07) is 9.68. The van der Waals surface area contributed by atoms with E-state index in [-0.39, 0.29) is 5.04 Å². The first-order valence-corrected chi connectivity index (χ1v) is 19.8. The Balaban J connectivity index is 1.65. The Hall–Kier alpha value is -1.20. The molecule has 0 spiro atoms. The van der Waals surface area contributed by atoms with Gasteiger partial charge in [-0.05, 0) is 30.3 Å². The van der Waals surface area contributed by atoms with Crippen molar-refractivity contribution in [2.45, 2.75) is 38.9 Å². The van der Waals surface area contributed by atoms with Crippen molar-refractivity contribution < 1.29 is 56.5 Å². The van der Waals surface area contributed by atoms with Crippen LogP contribution in [0.3, 0.4) is 0 Å². The van der Waals surface area contributed by atoms with Crippen molar-refractivity contribution in [3.63, 3.8) is 0 Å². The summed E-state index contributed by atoms with van der Waals surface area (Å²) in [5.41, 5.74) is 0. The van der Waals surface area contributed by atoms with Crippen LogP contribution in [0.4, 0.5) is 0 Å². The normalized spacial score (nSPS) is 12.2. The summed E-state index contributed by atoms with van der Waals surface area (Å²) in [6.45, 7) is 22.9. The van der Waals surface area contributed by atoms with Crippen LogP contribution in [0.15, 0.2) is 30.3 Å². The Bertz CT molecular complexity index is 782. The molecular weight excluding hydrogens is 628 g/mol. The van der Waals surface area contributed by atoms with Crippen molar-refractivity contribution in [2.24, 2.45) is 0 Å². The lowest BCUT2D eigenvalue weighted by molar-refractivity contribution is -0.0270. The summed E-state index contributed by atoms with van der Waals surface area (Å²) < 4.78 is 66.7. The Morgan fingerprint density at radius 2 is 0.638 bits per heavy atom. The zero-order valence-electron chi connectivity index (χ0n) is 29.8. The van der Waals surface area contributed by atoms with Crippen LogP contribution >= 0.6 is 0 Å². The first kappa shape index (κ1) is 43.8. The Morgan fingerprint density at radius 1 is 0.383 bits per heavy atom. The number of hydrogen-bond donors (Lipinski definition) is 0. The number of ether oxygens (including phenoxy) is 11. The summed E-state index contributed by atoms with van der Waals surface area (Å²) in [7, 11) is -1.70. The molecule has 1 aromatic rings. The van der Waals surface area contributed by atoms with Crippen molar-refractivity contribution >= 4 is 8.32 Å². The van der Waals surface area contributed by atoms with Crippen LogP contribution in [0, 0.1) is 0 Å². The monoisotopic (exact) mass is 692 g/mol. The molecule has 1 rings (SSSR count). The van der Waals surface area contributed by atoms with Crippen LogP contribution < -0.4 is 4.74 Å². The number of benzene rings is 1. The van der Waals surface area contributed by atoms with Gasteiger partial charge < -0.3 is 56.5 Å². The minimum Gasteiger partial charge on any atom is -0.491 e. The molecule has 1 aromatic carbocycles. The first-order valence-electron chi connectivity index (χ1n) is 16.9. The number of rotatable bonds is 35. The van der Waals surface area contributed by atoms with Crippen LogP contribution in [0.25, 0.3) is 0 Å². The number of hydrogen-bond acceptors (Lipinski definition) is 12. The molecule has 47 heavy (non-hydrogen) atoms. The van der Waals surface area contributed by atoms with Crippen molar-refractivity contribution in [1.82, 2.24) is 0 Å². The van der Waals surface area contributed by atoms with Crippen LogP contribution in [0.1, 0.15) is 20.8 Å². The number of para-hydroxylation sites is 1. The fourth-order valence-electron chi connectivity index (χ4n) is 3.39. The van der Waals surface area contributed by atoms with Crippen molar-refractivity contribution in [1.29, 1.82) is 0 Å². The van der Waals surface area contributed by atoms with E-state index in [4.69, 9.17) is 56.5 Å². The molecule has 0 heterocycles. The van der Waals surface area contributed by atoms with Gasteiger partial charge in [-0.3, -0.25) is 0 Å². The Morgan fingerprint density at radius 3 is 0.915 bits per heavy atom. The highest BCUT2D eigenvalue weighted by molar-refractivity contribution is 6.74. The summed E-state index contributed by atoms with van der Waals surface area (Å²) in [6.07, 6.45) is 0. The van der Waals surface area contributed by atoms with Crippen molar-refractivity contribution in [3.05, 3.63) is 30.3 Å². The van der Waals surface area contributed by atoms with Gasteiger partial charge in [-0.2, -0.15) is 0 Å². The molecular formula is C34H64O12Si. The maximum Gasteiger partial charge on any atom is 0.192 e. The molecule has 0 N–H and O–H groups in total. The molecule has 276 valence electrons. The lowest BCUT2D eigenvalue weighted by atomic mass is 10.2. The fourth-order valence-corrected chi connectivity index (χ4v) is 4.42. The van der Waals surface area contributed by atoms with Crippen LogP contribution in [-0.4, -0.2) is 154 Å². The predicted molar refractivity (Wildman–Crippen MR) is 183 cm³/mol. The lowest BCUT2D eigenvalue weighted by Crippen LogP contribution is -2.41. The molecule has 0 bridgehead atoms. The summed E-state index contributed by atoms with van der Waals surface area (Å²) in [5.74, 6) is 0.845. The lowest BCUT2D eigenvalue weighted by Gasteiger charge is -2.36. The molecule has 0 aromatic heterocycles. The second-order valence-electron chi connectivity index (χ2n) is 11.9.